The molecule has 1 aliphatic rings. The molecule has 0 aliphatic heterocycles. The lowest BCUT2D eigenvalue weighted by atomic mass is 9.94. The molecule has 2 rings (SSSR count). The van der Waals surface area contributed by atoms with Crippen LogP contribution in [0.1, 0.15) is 44.2 Å². The van der Waals surface area contributed by atoms with E-state index in [-0.39, 0.29) is 12.5 Å². The van der Waals surface area contributed by atoms with Crippen molar-refractivity contribution in [1.82, 2.24) is 10.2 Å². The molecule has 37 heavy (non-hydrogen) atoms. The van der Waals surface area contributed by atoms with Crippen LogP contribution in [0.15, 0.2) is 78.8 Å². The number of ether oxygens (including phenoxy) is 1. The molecule has 1 aromatic carbocycles. The van der Waals surface area contributed by atoms with Gasteiger partial charge in [0.25, 0.3) is 0 Å². The van der Waals surface area contributed by atoms with Gasteiger partial charge in [0.1, 0.15) is 5.76 Å². The number of methoxy groups -OCH3 is 1. The molecule has 7 heteroatoms. The van der Waals surface area contributed by atoms with Crippen LogP contribution in [0.4, 0.5) is 0 Å². The van der Waals surface area contributed by atoms with Gasteiger partial charge in [0.15, 0.2) is 6.29 Å². The minimum atomic E-state index is -0.525. The summed E-state index contributed by atoms with van der Waals surface area (Å²) in [6.07, 6.45) is 12.8. The van der Waals surface area contributed by atoms with Gasteiger partial charge in [-0.15, -0.1) is 0 Å². The fraction of sp³-hybridized carbons (Fsp3) is 0.367. The van der Waals surface area contributed by atoms with Gasteiger partial charge in [0, 0.05) is 13.7 Å². The van der Waals surface area contributed by atoms with Gasteiger partial charge in [-0.1, -0.05) is 73.4 Å². The molecule has 0 unspecified atom stereocenters. The highest BCUT2D eigenvalue weighted by molar-refractivity contribution is 7.80. The Labute approximate surface area is 227 Å². The molecule has 0 saturated heterocycles. The van der Waals surface area contributed by atoms with Gasteiger partial charge >= 0.3 is 0 Å². The SMILES string of the molecule is C=C/C(=C\C=C(/C)C1(C(=O)N(CCCc2cccc(C=C)c2)CC(=S)N/C(C=O)=C/C)CC1)OC.CO. The standard InChI is InChI=1S/C29H36N2O3S.CH4O/c1-6-23-11-9-12-24(19-23)13-10-18-31(20-27(35)30-25(7-2)21-32)28(33)29(16-17-29)22(4)14-15-26(8-3)34-5;1-2/h6-9,11-12,14-15,19,21H,1,3,10,13,16-18,20H2,2,4-5H3,(H,30,35);2H,1H3/b22-14+,25-7+,26-15+;. The Morgan fingerprint density at radius 3 is 2.51 bits per heavy atom. The maximum atomic E-state index is 13.8. The molecular weight excluding hydrogens is 484 g/mol. The summed E-state index contributed by atoms with van der Waals surface area (Å²) in [5.41, 5.74) is 3.13. The number of aldehydes is 1. The smallest absolute Gasteiger partial charge is 0.233 e. The molecule has 0 radical (unpaired) electrons. The van der Waals surface area contributed by atoms with Crippen LogP contribution in [0.5, 0.6) is 0 Å². The van der Waals surface area contributed by atoms with Gasteiger partial charge in [-0.25, -0.2) is 0 Å². The van der Waals surface area contributed by atoms with Crippen LogP contribution in [0, 0.1) is 5.41 Å². The maximum Gasteiger partial charge on any atom is 0.233 e. The largest absolute Gasteiger partial charge is 0.497 e. The summed E-state index contributed by atoms with van der Waals surface area (Å²) in [7, 11) is 2.59. The van der Waals surface area contributed by atoms with Crippen molar-refractivity contribution in [2.24, 2.45) is 5.41 Å². The van der Waals surface area contributed by atoms with E-state index in [2.05, 4.69) is 30.6 Å². The summed E-state index contributed by atoms with van der Waals surface area (Å²) in [5.74, 6) is 0.707. The second-order valence-electron chi connectivity index (χ2n) is 8.60. The molecule has 2 N–H and O–H groups in total. The number of carbonyl (C=O) groups excluding carboxylic acids is 2. The Hall–Kier alpha value is -3.29. The normalized spacial score (nSPS) is 14.5. The third-order valence-electron chi connectivity index (χ3n) is 6.27. The number of hydrogen-bond donors (Lipinski definition) is 2. The Balaban J connectivity index is 0.00000334. The number of rotatable bonds is 14. The lowest BCUT2D eigenvalue weighted by Gasteiger charge is -2.28. The highest BCUT2D eigenvalue weighted by atomic mass is 32.1. The Kier molecular flexibility index (Phi) is 14.1. The van der Waals surface area contributed by atoms with Crippen LogP contribution in [-0.4, -0.2) is 54.5 Å². The predicted octanol–water partition coefficient (Wildman–Crippen LogP) is 5.16. The van der Waals surface area contributed by atoms with Gasteiger partial charge in [-0.2, -0.15) is 0 Å². The number of hydrogen-bond acceptors (Lipinski definition) is 5. The predicted molar refractivity (Wildman–Crippen MR) is 156 cm³/mol. The maximum absolute atomic E-state index is 13.8. The average molecular weight is 525 g/mol. The van der Waals surface area contributed by atoms with E-state index in [0.717, 1.165) is 50.2 Å². The van der Waals surface area contributed by atoms with E-state index in [1.54, 1.807) is 26.2 Å². The zero-order valence-electron chi connectivity index (χ0n) is 22.5. The lowest BCUT2D eigenvalue weighted by molar-refractivity contribution is -0.134. The second-order valence-corrected chi connectivity index (χ2v) is 9.09. The first-order valence-corrected chi connectivity index (χ1v) is 12.7. The van der Waals surface area contributed by atoms with Gasteiger partial charge in [0.05, 0.1) is 29.8 Å². The molecule has 1 aromatic rings. The number of aryl methyl sites for hydroxylation is 1. The van der Waals surface area contributed by atoms with Crippen LogP contribution in [0.2, 0.25) is 0 Å². The molecule has 0 spiro atoms. The van der Waals surface area contributed by atoms with E-state index in [1.165, 1.54) is 5.56 Å². The van der Waals surface area contributed by atoms with Crippen molar-refractivity contribution in [3.63, 3.8) is 0 Å². The molecule has 1 aliphatic carbocycles. The number of thiocarbonyl (C=S) groups is 1. The minimum absolute atomic E-state index is 0.0642. The summed E-state index contributed by atoms with van der Waals surface area (Å²) in [6, 6.07) is 8.24. The third-order valence-corrected chi connectivity index (χ3v) is 6.50. The van der Waals surface area contributed by atoms with Crippen molar-refractivity contribution in [2.75, 3.05) is 27.3 Å². The third kappa shape index (κ3) is 9.59. The second kappa shape index (κ2) is 16.5. The summed E-state index contributed by atoms with van der Waals surface area (Å²) in [5, 5.41) is 9.95. The molecule has 0 atom stereocenters. The fourth-order valence-corrected chi connectivity index (χ4v) is 4.21. The molecule has 1 amide bonds. The number of nitrogens with one attached hydrogen (secondary N) is 1. The molecular formula is C30H40N2O4S. The van der Waals surface area contributed by atoms with Crippen molar-refractivity contribution in [3.05, 3.63) is 89.9 Å². The van der Waals surface area contributed by atoms with E-state index in [0.29, 0.717) is 23.0 Å². The Morgan fingerprint density at radius 2 is 1.97 bits per heavy atom. The molecule has 0 bridgehead atoms. The Morgan fingerprint density at radius 1 is 1.27 bits per heavy atom. The number of benzene rings is 1. The summed E-state index contributed by atoms with van der Waals surface area (Å²) in [4.78, 5) is 27.2. The highest BCUT2D eigenvalue weighted by Gasteiger charge is 2.52. The Bertz CT molecular complexity index is 1050. The first kappa shape index (κ1) is 31.7. The monoisotopic (exact) mass is 524 g/mol. The number of nitrogens with zero attached hydrogens (tertiary/aromatic N) is 1. The van der Waals surface area contributed by atoms with Crippen LogP contribution in [0.25, 0.3) is 6.08 Å². The molecule has 200 valence electrons. The zero-order valence-corrected chi connectivity index (χ0v) is 23.3. The number of aliphatic hydroxyl groups excluding tert-OH is 1. The van der Waals surface area contributed by atoms with Crippen molar-refractivity contribution in [1.29, 1.82) is 0 Å². The van der Waals surface area contributed by atoms with Crippen LogP contribution < -0.4 is 5.32 Å². The lowest BCUT2D eigenvalue weighted by Crippen LogP contribution is -2.44. The molecule has 1 saturated carbocycles. The van der Waals surface area contributed by atoms with Crippen LogP contribution in [0.3, 0.4) is 0 Å². The fourth-order valence-electron chi connectivity index (χ4n) is 3.94. The molecule has 6 nitrogen and oxygen atoms in total. The van der Waals surface area contributed by atoms with E-state index >= 15 is 0 Å². The van der Waals surface area contributed by atoms with Gasteiger partial charge in [-0.05, 0) is 62.8 Å². The van der Waals surface area contributed by atoms with Crippen molar-refractivity contribution < 1.29 is 19.4 Å². The van der Waals surface area contributed by atoms with Crippen molar-refractivity contribution in [3.8, 4) is 0 Å². The minimum Gasteiger partial charge on any atom is -0.497 e. The van der Waals surface area contributed by atoms with Gasteiger partial charge < -0.3 is 20.1 Å². The topological polar surface area (TPSA) is 78.9 Å². The van der Waals surface area contributed by atoms with Crippen molar-refractivity contribution in [2.45, 2.75) is 39.5 Å². The van der Waals surface area contributed by atoms with Gasteiger partial charge in [-0.3, -0.25) is 9.59 Å². The highest BCUT2D eigenvalue weighted by Crippen LogP contribution is 2.53. The van der Waals surface area contributed by atoms with Gasteiger partial charge in [0.2, 0.25) is 5.91 Å². The van der Waals surface area contributed by atoms with E-state index in [1.807, 2.05) is 42.2 Å². The molecule has 0 aromatic heterocycles. The number of allylic oxidation sites excluding steroid dienone is 5. The summed E-state index contributed by atoms with van der Waals surface area (Å²) < 4.78 is 5.25. The van der Waals surface area contributed by atoms with Crippen LogP contribution >= 0.6 is 12.2 Å². The van der Waals surface area contributed by atoms with E-state index in [9.17, 15) is 9.59 Å². The number of amides is 1. The summed E-state index contributed by atoms with van der Waals surface area (Å²) in [6.45, 7) is 12.1. The first-order valence-electron chi connectivity index (χ1n) is 12.3. The van der Waals surface area contributed by atoms with E-state index < -0.39 is 5.41 Å². The number of aliphatic hydroxyl groups is 1. The quantitative estimate of drug-likeness (QED) is 0.115. The molecule has 1 fully saturated rings. The van der Waals surface area contributed by atoms with Crippen LogP contribution in [-0.2, 0) is 20.7 Å². The zero-order chi connectivity index (χ0) is 27.8. The summed E-state index contributed by atoms with van der Waals surface area (Å²) >= 11 is 5.49. The first-order chi connectivity index (χ1) is 17.8. The molecule has 0 heterocycles. The van der Waals surface area contributed by atoms with E-state index in [4.69, 9.17) is 22.1 Å². The average Bonchev–Trinajstić information content (AvgIpc) is 3.74. The van der Waals surface area contributed by atoms with Crippen molar-refractivity contribution >= 4 is 35.5 Å². The number of carbonyl (C=O) groups is 2.